The van der Waals surface area contributed by atoms with Crippen LogP contribution in [0.15, 0.2) is 0 Å². The van der Waals surface area contributed by atoms with E-state index in [4.69, 9.17) is 0 Å². The van der Waals surface area contributed by atoms with Crippen LogP contribution in [-0.2, 0) is 0 Å². The Balaban J connectivity index is -0.00000288. The third-order valence-corrected chi connectivity index (χ3v) is 5.94. The van der Waals surface area contributed by atoms with Crippen LogP contribution in [0.3, 0.4) is 0 Å². The lowest BCUT2D eigenvalue weighted by atomic mass is 10.1. The van der Waals surface area contributed by atoms with E-state index in [2.05, 4.69) is 27.7 Å². The number of rotatable bonds is 20. The van der Waals surface area contributed by atoms with E-state index in [1.807, 2.05) is 0 Å². The van der Waals surface area contributed by atoms with Crippen molar-refractivity contribution in [3.05, 3.63) is 0 Å². The molecule has 0 heterocycles. The molecule has 0 aromatic carbocycles. The predicted octanol–water partition coefficient (Wildman–Crippen LogP) is 8.43. The van der Waals surface area contributed by atoms with Crippen LogP contribution < -0.4 is 0 Å². The Hall–Kier alpha value is -0.180. The van der Waals surface area contributed by atoms with E-state index in [0.717, 1.165) is 0 Å². The highest BCUT2D eigenvalue weighted by Crippen LogP contribution is 2.19. The fourth-order valence-corrected chi connectivity index (χ4v) is 4.17. The maximum Gasteiger partial charge on any atom is 0.0786 e. The average Bonchev–Trinajstić information content (AvgIpc) is 2.63. The summed E-state index contributed by atoms with van der Waals surface area (Å²) in [6, 6.07) is 0. The first-order valence-corrected chi connectivity index (χ1v) is 12.1. The summed E-state index contributed by atoms with van der Waals surface area (Å²) >= 11 is 0. The summed E-state index contributed by atoms with van der Waals surface area (Å²) in [5.41, 5.74) is 0. The fraction of sp³-hybridized carbons (Fsp3) is 1.00. The molecular weight excluding hydrogens is 340 g/mol. The maximum absolute atomic E-state index is 2.34. The fourth-order valence-electron chi connectivity index (χ4n) is 4.17. The van der Waals surface area contributed by atoms with E-state index < -0.39 is 0 Å². The van der Waals surface area contributed by atoms with Gasteiger partial charge in [-0.25, -0.2) is 0 Å². The quantitative estimate of drug-likeness (QED) is 0.143. The molecule has 0 atom stereocenters. The SMILES string of the molecule is CCCCCC[N+](CCCCCC)(CCCCCC)CCCCCC.F.F. The first-order chi connectivity index (χ1) is 12.2. The highest BCUT2D eigenvalue weighted by atomic mass is 19.0. The summed E-state index contributed by atoms with van der Waals surface area (Å²) < 4.78 is 1.46. The largest absolute Gasteiger partial charge is 0.324 e. The minimum absolute atomic E-state index is 0. The molecule has 0 unspecified atom stereocenters. The van der Waals surface area contributed by atoms with E-state index in [0.29, 0.717) is 0 Å². The second-order valence-corrected chi connectivity index (χ2v) is 8.48. The molecule has 168 valence electrons. The van der Waals surface area contributed by atoms with Crippen LogP contribution in [0, 0.1) is 0 Å². The second kappa shape index (κ2) is 23.9. The van der Waals surface area contributed by atoms with Crippen molar-refractivity contribution in [2.45, 2.75) is 130 Å². The number of hydrogen-bond acceptors (Lipinski definition) is 0. The average molecular weight is 395 g/mol. The normalized spacial score (nSPS) is 11.1. The zero-order valence-electron chi connectivity index (χ0n) is 19.4. The van der Waals surface area contributed by atoms with E-state index in [1.165, 1.54) is 133 Å². The van der Waals surface area contributed by atoms with Crippen molar-refractivity contribution in [2.24, 2.45) is 0 Å². The Morgan fingerprint density at radius 2 is 0.556 bits per heavy atom. The van der Waals surface area contributed by atoms with Gasteiger partial charge < -0.3 is 4.48 Å². The minimum atomic E-state index is 0. The van der Waals surface area contributed by atoms with Crippen molar-refractivity contribution in [1.82, 2.24) is 0 Å². The standard InChI is InChI=1S/C24H52N.2FH/c1-5-9-13-17-21-25(22-18-14-10-6-2,23-19-15-11-7-3)24-20-16-12-8-4;;/h5-24H2,1-4H3;2*1H/q+1;;. The van der Waals surface area contributed by atoms with Crippen molar-refractivity contribution < 1.29 is 13.9 Å². The molecule has 3 heteroatoms. The summed E-state index contributed by atoms with van der Waals surface area (Å²) in [7, 11) is 0. The van der Waals surface area contributed by atoms with E-state index in [1.54, 1.807) is 0 Å². The third kappa shape index (κ3) is 18.9. The smallest absolute Gasteiger partial charge is 0.0786 e. The Bertz CT molecular complexity index is 205. The molecule has 0 rings (SSSR count). The molecule has 0 N–H and O–H groups in total. The molecule has 0 aliphatic heterocycles. The van der Waals surface area contributed by atoms with Gasteiger partial charge in [-0.2, -0.15) is 0 Å². The summed E-state index contributed by atoms with van der Waals surface area (Å²) in [6.07, 6.45) is 22.8. The van der Waals surface area contributed by atoms with Gasteiger partial charge in [-0.15, -0.1) is 0 Å². The van der Waals surface area contributed by atoms with Gasteiger partial charge in [-0.05, 0) is 51.4 Å². The molecule has 0 saturated carbocycles. The van der Waals surface area contributed by atoms with Gasteiger partial charge in [0.2, 0.25) is 0 Å². The molecule has 0 aliphatic rings. The Morgan fingerprint density at radius 3 is 0.741 bits per heavy atom. The number of halogens is 2. The van der Waals surface area contributed by atoms with Gasteiger partial charge in [0.25, 0.3) is 0 Å². The van der Waals surface area contributed by atoms with Crippen LogP contribution in [0.25, 0.3) is 0 Å². The van der Waals surface area contributed by atoms with Gasteiger partial charge in [0.15, 0.2) is 0 Å². The topological polar surface area (TPSA) is 0 Å². The molecular formula is C24H54F2N+. The monoisotopic (exact) mass is 394 g/mol. The molecule has 0 amide bonds. The van der Waals surface area contributed by atoms with Crippen LogP contribution in [-0.4, -0.2) is 30.7 Å². The summed E-state index contributed by atoms with van der Waals surface area (Å²) in [5, 5.41) is 0. The molecule has 0 fully saturated rings. The molecule has 27 heavy (non-hydrogen) atoms. The minimum Gasteiger partial charge on any atom is -0.324 e. The Kier molecular flexibility index (Phi) is 27.8. The van der Waals surface area contributed by atoms with Crippen LogP contribution >= 0.6 is 0 Å². The number of hydrogen-bond donors (Lipinski definition) is 0. The van der Waals surface area contributed by atoms with Crippen LogP contribution in [0.4, 0.5) is 9.41 Å². The van der Waals surface area contributed by atoms with E-state index in [-0.39, 0.29) is 9.41 Å². The molecule has 0 radical (unpaired) electrons. The molecule has 0 bridgehead atoms. The zero-order chi connectivity index (χ0) is 18.6. The summed E-state index contributed by atoms with van der Waals surface area (Å²) in [6.45, 7) is 15.2. The van der Waals surface area contributed by atoms with Gasteiger partial charge in [0.05, 0.1) is 26.2 Å². The van der Waals surface area contributed by atoms with Crippen molar-refractivity contribution in [3.63, 3.8) is 0 Å². The molecule has 1 nitrogen and oxygen atoms in total. The first kappa shape index (κ1) is 31.5. The molecule has 0 spiro atoms. The number of quaternary nitrogens is 1. The summed E-state index contributed by atoms with van der Waals surface area (Å²) in [5.74, 6) is 0. The van der Waals surface area contributed by atoms with Gasteiger partial charge in [-0.3, -0.25) is 9.41 Å². The Labute approximate surface area is 171 Å². The maximum atomic E-state index is 2.34. The van der Waals surface area contributed by atoms with Crippen molar-refractivity contribution in [2.75, 3.05) is 26.2 Å². The van der Waals surface area contributed by atoms with Gasteiger partial charge in [-0.1, -0.05) is 79.1 Å². The molecule has 0 aromatic rings. The molecule has 0 aromatic heterocycles. The third-order valence-electron chi connectivity index (χ3n) is 5.94. The van der Waals surface area contributed by atoms with E-state index in [9.17, 15) is 0 Å². The first-order valence-electron chi connectivity index (χ1n) is 12.1. The van der Waals surface area contributed by atoms with Crippen molar-refractivity contribution >= 4 is 0 Å². The van der Waals surface area contributed by atoms with Crippen molar-refractivity contribution in [1.29, 1.82) is 0 Å². The van der Waals surface area contributed by atoms with Gasteiger partial charge in [0.1, 0.15) is 0 Å². The number of unbranched alkanes of at least 4 members (excludes halogenated alkanes) is 12. The van der Waals surface area contributed by atoms with Gasteiger partial charge in [0, 0.05) is 0 Å². The Morgan fingerprint density at radius 1 is 0.333 bits per heavy atom. The molecule has 0 aliphatic carbocycles. The lowest BCUT2D eigenvalue weighted by molar-refractivity contribution is -0.929. The highest BCUT2D eigenvalue weighted by Gasteiger charge is 2.25. The van der Waals surface area contributed by atoms with E-state index >= 15 is 0 Å². The second-order valence-electron chi connectivity index (χ2n) is 8.48. The summed E-state index contributed by atoms with van der Waals surface area (Å²) in [4.78, 5) is 0. The van der Waals surface area contributed by atoms with Crippen LogP contribution in [0.1, 0.15) is 130 Å². The lowest BCUT2D eigenvalue weighted by Gasteiger charge is -2.39. The van der Waals surface area contributed by atoms with Crippen LogP contribution in [0.5, 0.6) is 0 Å². The van der Waals surface area contributed by atoms with Crippen LogP contribution in [0.2, 0.25) is 0 Å². The van der Waals surface area contributed by atoms with Gasteiger partial charge >= 0.3 is 0 Å². The lowest BCUT2D eigenvalue weighted by Crippen LogP contribution is -2.50. The highest BCUT2D eigenvalue weighted by molar-refractivity contribution is 4.53. The molecule has 0 saturated heterocycles. The van der Waals surface area contributed by atoms with Crippen molar-refractivity contribution in [3.8, 4) is 0 Å². The zero-order valence-corrected chi connectivity index (χ0v) is 19.4. The predicted molar refractivity (Wildman–Crippen MR) is 121 cm³/mol. The number of nitrogens with zero attached hydrogens (tertiary/aromatic N) is 1.